The number of hydrogen-bond acceptors (Lipinski definition) is 3. The molecule has 1 N–H and O–H groups in total. The van der Waals surface area contributed by atoms with Crippen molar-refractivity contribution in [3.63, 3.8) is 0 Å². The molecule has 0 heterocycles. The summed E-state index contributed by atoms with van der Waals surface area (Å²) in [6.07, 6.45) is 0.383. The lowest BCUT2D eigenvalue weighted by molar-refractivity contribution is -0.142. The second-order valence-corrected chi connectivity index (χ2v) is 6.17. The molecule has 0 aliphatic heterocycles. The summed E-state index contributed by atoms with van der Waals surface area (Å²) in [5, 5.41) is 2.74. The van der Waals surface area contributed by atoms with Crippen LogP contribution in [0.25, 0.3) is 0 Å². The number of carbonyl (C=O) groups excluding carboxylic acids is 2. The highest BCUT2D eigenvalue weighted by Crippen LogP contribution is 2.13. The Balaban J connectivity index is 2.15. The Hall–Kier alpha value is -2.14. The van der Waals surface area contributed by atoms with Crippen LogP contribution in [0, 0.1) is 6.92 Å². The van der Waals surface area contributed by atoms with E-state index >= 15 is 0 Å². The second-order valence-electron chi connectivity index (χ2n) is 5.25. The fourth-order valence-electron chi connectivity index (χ4n) is 2.28. The van der Waals surface area contributed by atoms with Crippen LogP contribution in [0.1, 0.15) is 21.5 Å². The van der Waals surface area contributed by atoms with Gasteiger partial charge in [0.15, 0.2) is 0 Å². The molecule has 1 atom stereocenters. The van der Waals surface area contributed by atoms with Gasteiger partial charge in [-0.15, -0.1) is 0 Å². The molecule has 0 unspecified atom stereocenters. The molecule has 4 nitrogen and oxygen atoms in total. The Morgan fingerprint density at radius 1 is 1.17 bits per heavy atom. The SMILES string of the molecule is COC(=O)[C@@H](Cc1cccc(C)c1)NC(=O)c1cccc(Br)c1. The zero-order valence-corrected chi connectivity index (χ0v) is 14.6. The molecule has 0 aliphatic rings. The first-order valence-electron chi connectivity index (χ1n) is 7.19. The number of ether oxygens (including phenoxy) is 1. The quantitative estimate of drug-likeness (QED) is 0.815. The maximum absolute atomic E-state index is 12.3. The van der Waals surface area contributed by atoms with Gasteiger partial charge in [0.05, 0.1) is 7.11 Å². The van der Waals surface area contributed by atoms with Gasteiger partial charge in [0.1, 0.15) is 6.04 Å². The van der Waals surface area contributed by atoms with Gasteiger partial charge in [-0.3, -0.25) is 4.79 Å². The number of aryl methyl sites for hydroxylation is 1. The van der Waals surface area contributed by atoms with Gasteiger partial charge in [-0.1, -0.05) is 51.8 Å². The maximum Gasteiger partial charge on any atom is 0.328 e. The molecule has 2 aromatic carbocycles. The Labute approximate surface area is 144 Å². The van der Waals surface area contributed by atoms with Crippen LogP contribution >= 0.6 is 15.9 Å². The van der Waals surface area contributed by atoms with E-state index in [1.165, 1.54) is 7.11 Å². The average Bonchev–Trinajstić information content (AvgIpc) is 2.53. The first kappa shape index (κ1) is 17.2. The van der Waals surface area contributed by atoms with E-state index in [4.69, 9.17) is 4.74 Å². The number of hydrogen-bond donors (Lipinski definition) is 1. The number of methoxy groups -OCH3 is 1. The summed E-state index contributed by atoms with van der Waals surface area (Å²) in [6.45, 7) is 1.98. The molecule has 0 saturated heterocycles. The van der Waals surface area contributed by atoms with E-state index in [2.05, 4.69) is 21.2 Å². The standard InChI is InChI=1S/C18H18BrNO3/c1-12-5-3-6-13(9-12)10-16(18(22)23-2)20-17(21)14-7-4-8-15(19)11-14/h3-9,11,16H,10H2,1-2H3,(H,20,21)/t16-/m1/s1. The maximum atomic E-state index is 12.3. The molecule has 1 amide bonds. The number of halogens is 1. The fourth-order valence-corrected chi connectivity index (χ4v) is 2.68. The van der Waals surface area contributed by atoms with E-state index in [9.17, 15) is 9.59 Å². The summed E-state index contributed by atoms with van der Waals surface area (Å²) >= 11 is 3.33. The molecule has 5 heteroatoms. The minimum Gasteiger partial charge on any atom is -0.467 e. The summed E-state index contributed by atoms with van der Waals surface area (Å²) in [4.78, 5) is 24.3. The smallest absolute Gasteiger partial charge is 0.328 e. The second kappa shape index (κ2) is 7.92. The van der Waals surface area contributed by atoms with Crippen LogP contribution in [-0.4, -0.2) is 25.0 Å². The third kappa shape index (κ3) is 4.93. The predicted octanol–water partition coefficient (Wildman–Crippen LogP) is 3.27. The van der Waals surface area contributed by atoms with Crippen molar-refractivity contribution in [2.24, 2.45) is 0 Å². The first-order chi connectivity index (χ1) is 11.0. The van der Waals surface area contributed by atoms with Crippen molar-refractivity contribution in [3.05, 3.63) is 69.7 Å². The molecule has 23 heavy (non-hydrogen) atoms. The molecule has 0 fully saturated rings. The van der Waals surface area contributed by atoms with Gasteiger partial charge in [-0.2, -0.15) is 0 Å². The van der Waals surface area contributed by atoms with E-state index in [1.807, 2.05) is 37.3 Å². The van der Waals surface area contributed by atoms with E-state index in [0.29, 0.717) is 12.0 Å². The third-order valence-electron chi connectivity index (χ3n) is 3.40. The number of nitrogens with one attached hydrogen (secondary N) is 1. The Bertz CT molecular complexity index is 715. The fraction of sp³-hybridized carbons (Fsp3) is 0.222. The molecule has 0 aromatic heterocycles. The molecule has 0 radical (unpaired) electrons. The van der Waals surface area contributed by atoms with Crippen molar-refractivity contribution in [1.82, 2.24) is 5.32 Å². The van der Waals surface area contributed by atoms with Crippen molar-refractivity contribution < 1.29 is 14.3 Å². The molecule has 2 aromatic rings. The Morgan fingerprint density at radius 3 is 2.57 bits per heavy atom. The molecular weight excluding hydrogens is 358 g/mol. The largest absolute Gasteiger partial charge is 0.467 e. The van der Waals surface area contributed by atoms with E-state index < -0.39 is 12.0 Å². The summed E-state index contributed by atoms with van der Waals surface area (Å²) in [6, 6.07) is 14.1. The highest BCUT2D eigenvalue weighted by atomic mass is 79.9. The predicted molar refractivity (Wildman–Crippen MR) is 92.3 cm³/mol. The number of benzene rings is 2. The van der Waals surface area contributed by atoms with Crippen LogP contribution < -0.4 is 5.32 Å². The highest BCUT2D eigenvalue weighted by Gasteiger charge is 2.22. The molecule has 0 aliphatic carbocycles. The molecular formula is C18H18BrNO3. The van der Waals surface area contributed by atoms with Crippen LogP contribution in [0.3, 0.4) is 0 Å². The zero-order chi connectivity index (χ0) is 16.8. The van der Waals surface area contributed by atoms with E-state index in [1.54, 1.807) is 18.2 Å². The van der Waals surface area contributed by atoms with Gasteiger partial charge in [0, 0.05) is 16.5 Å². The van der Waals surface area contributed by atoms with Gasteiger partial charge in [0.25, 0.3) is 5.91 Å². The van der Waals surface area contributed by atoms with Crippen molar-refractivity contribution in [3.8, 4) is 0 Å². The van der Waals surface area contributed by atoms with Crippen molar-refractivity contribution in [2.75, 3.05) is 7.11 Å². The average molecular weight is 376 g/mol. The van der Waals surface area contributed by atoms with Gasteiger partial charge in [-0.05, 0) is 30.7 Å². The van der Waals surface area contributed by atoms with Gasteiger partial charge < -0.3 is 10.1 Å². The van der Waals surface area contributed by atoms with Gasteiger partial charge in [-0.25, -0.2) is 4.79 Å². The summed E-state index contributed by atoms with van der Waals surface area (Å²) in [7, 11) is 1.32. The molecule has 0 spiro atoms. The van der Waals surface area contributed by atoms with Crippen molar-refractivity contribution in [1.29, 1.82) is 0 Å². The van der Waals surface area contributed by atoms with Crippen LogP contribution in [0.2, 0.25) is 0 Å². The van der Waals surface area contributed by atoms with Crippen LogP contribution in [-0.2, 0) is 16.0 Å². The Morgan fingerprint density at radius 2 is 1.91 bits per heavy atom. The zero-order valence-electron chi connectivity index (χ0n) is 13.0. The van der Waals surface area contributed by atoms with E-state index in [0.717, 1.165) is 15.6 Å². The topological polar surface area (TPSA) is 55.4 Å². The minimum absolute atomic E-state index is 0.311. The van der Waals surface area contributed by atoms with Crippen LogP contribution in [0.4, 0.5) is 0 Å². The number of rotatable bonds is 5. The number of esters is 1. The third-order valence-corrected chi connectivity index (χ3v) is 3.89. The molecule has 2 rings (SSSR count). The van der Waals surface area contributed by atoms with Crippen LogP contribution in [0.5, 0.6) is 0 Å². The Kier molecular flexibility index (Phi) is 5.93. The normalized spacial score (nSPS) is 11.6. The van der Waals surface area contributed by atoms with Crippen molar-refractivity contribution >= 4 is 27.8 Å². The lowest BCUT2D eigenvalue weighted by atomic mass is 10.0. The summed E-state index contributed by atoms with van der Waals surface area (Å²) < 4.78 is 5.62. The van der Waals surface area contributed by atoms with Crippen molar-refractivity contribution in [2.45, 2.75) is 19.4 Å². The monoisotopic (exact) mass is 375 g/mol. The summed E-state index contributed by atoms with van der Waals surface area (Å²) in [5.41, 5.74) is 2.55. The number of carbonyl (C=O) groups is 2. The van der Waals surface area contributed by atoms with Crippen LogP contribution in [0.15, 0.2) is 53.0 Å². The molecule has 0 bridgehead atoms. The molecule has 0 saturated carbocycles. The number of amides is 1. The summed E-state index contributed by atoms with van der Waals surface area (Å²) in [5.74, 6) is -0.774. The minimum atomic E-state index is -0.728. The first-order valence-corrected chi connectivity index (χ1v) is 7.98. The van der Waals surface area contributed by atoms with E-state index in [-0.39, 0.29) is 5.91 Å². The highest BCUT2D eigenvalue weighted by molar-refractivity contribution is 9.10. The van der Waals surface area contributed by atoms with Gasteiger partial charge >= 0.3 is 5.97 Å². The lowest BCUT2D eigenvalue weighted by Crippen LogP contribution is -2.43. The lowest BCUT2D eigenvalue weighted by Gasteiger charge is -2.17. The van der Waals surface area contributed by atoms with Gasteiger partial charge in [0.2, 0.25) is 0 Å². The molecule has 120 valence electrons.